The lowest BCUT2D eigenvalue weighted by molar-refractivity contribution is -0.159. The highest BCUT2D eigenvalue weighted by Crippen LogP contribution is 2.18. The van der Waals surface area contributed by atoms with Gasteiger partial charge in [-0.05, 0) is 20.2 Å². The highest BCUT2D eigenvalue weighted by molar-refractivity contribution is 6.27. The molecule has 122 valence electrons. The maximum Gasteiger partial charge on any atom is 0.414 e. The molecule has 0 aliphatic carbocycles. The summed E-state index contributed by atoms with van der Waals surface area (Å²) in [5, 5.41) is 18.0. The van der Waals surface area contributed by atoms with Crippen molar-refractivity contribution >= 4 is 17.8 Å². The standard InChI is InChI=1S/C12H20N4.C2H2O4/c1-13-10-11-4-3-5-14-12(11)16-8-6-15(2)7-9-16;3-1(4)2(5)6/h3-5,13H,6-10H2,1-2H3;(H,3,4)(H,5,6). The minimum Gasteiger partial charge on any atom is -0.473 e. The summed E-state index contributed by atoms with van der Waals surface area (Å²) in [5.74, 6) is -2.50. The van der Waals surface area contributed by atoms with Crippen LogP contribution in [-0.2, 0) is 16.1 Å². The van der Waals surface area contributed by atoms with Gasteiger partial charge in [-0.25, -0.2) is 14.6 Å². The molecule has 1 aliphatic heterocycles. The summed E-state index contributed by atoms with van der Waals surface area (Å²) >= 11 is 0. The fourth-order valence-electron chi connectivity index (χ4n) is 2.06. The number of pyridine rings is 1. The molecule has 2 rings (SSSR count). The molecule has 0 saturated carbocycles. The summed E-state index contributed by atoms with van der Waals surface area (Å²) < 4.78 is 0. The second-order valence-corrected chi connectivity index (χ2v) is 4.92. The highest BCUT2D eigenvalue weighted by atomic mass is 16.4. The molecule has 2 heterocycles. The molecule has 1 fully saturated rings. The van der Waals surface area contributed by atoms with E-state index in [2.05, 4.69) is 33.2 Å². The van der Waals surface area contributed by atoms with E-state index in [9.17, 15) is 0 Å². The van der Waals surface area contributed by atoms with E-state index in [1.54, 1.807) is 0 Å². The Hall–Kier alpha value is -2.19. The molecule has 0 radical (unpaired) electrons. The van der Waals surface area contributed by atoms with Crippen LogP contribution in [0.1, 0.15) is 5.56 Å². The molecule has 1 aromatic rings. The van der Waals surface area contributed by atoms with E-state index in [1.165, 1.54) is 5.56 Å². The van der Waals surface area contributed by atoms with E-state index in [4.69, 9.17) is 19.8 Å². The fraction of sp³-hybridized carbons (Fsp3) is 0.500. The SMILES string of the molecule is CNCc1cccnc1N1CCN(C)CC1.O=C(O)C(=O)O. The van der Waals surface area contributed by atoms with Crippen molar-refractivity contribution < 1.29 is 19.8 Å². The zero-order valence-electron chi connectivity index (χ0n) is 12.8. The molecule has 22 heavy (non-hydrogen) atoms. The Balaban J connectivity index is 0.000000346. The fourth-order valence-corrected chi connectivity index (χ4v) is 2.06. The molecule has 0 bridgehead atoms. The van der Waals surface area contributed by atoms with Crippen LogP contribution in [0.5, 0.6) is 0 Å². The zero-order chi connectivity index (χ0) is 16.5. The average molecular weight is 310 g/mol. The van der Waals surface area contributed by atoms with E-state index in [0.29, 0.717) is 0 Å². The molecule has 8 heteroatoms. The van der Waals surface area contributed by atoms with Crippen molar-refractivity contribution in [3.05, 3.63) is 23.9 Å². The molecular formula is C14H22N4O4. The number of nitrogens with zero attached hydrogens (tertiary/aromatic N) is 3. The van der Waals surface area contributed by atoms with Gasteiger partial charge in [0, 0.05) is 44.5 Å². The van der Waals surface area contributed by atoms with Crippen LogP contribution in [0.3, 0.4) is 0 Å². The van der Waals surface area contributed by atoms with Crippen LogP contribution in [0.4, 0.5) is 5.82 Å². The Morgan fingerprint density at radius 1 is 1.23 bits per heavy atom. The predicted octanol–water partition coefficient (Wildman–Crippen LogP) is -0.292. The zero-order valence-corrected chi connectivity index (χ0v) is 12.8. The van der Waals surface area contributed by atoms with Gasteiger partial charge in [-0.3, -0.25) is 0 Å². The number of carboxylic acids is 2. The van der Waals surface area contributed by atoms with Crippen molar-refractivity contribution in [3.63, 3.8) is 0 Å². The number of carbonyl (C=O) groups is 2. The molecule has 3 N–H and O–H groups in total. The Morgan fingerprint density at radius 2 is 1.82 bits per heavy atom. The Labute approximate surface area is 129 Å². The van der Waals surface area contributed by atoms with Gasteiger partial charge < -0.3 is 25.3 Å². The summed E-state index contributed by atoms with van der Waals surface area (Å²) in [6.07, 6.45) is 1.88. The quantitative estimate of drug-likeness (QED) is 0.654. The van der Waals surface area contributed by atoms with Gasteiger partial charge in [-0.15, -0.1) is 0 Å². The van der Waals surface area contributed by atoms with Gasteiger partial charge in [0.05, 0.1) is 0 Å². The number of aromatic nitrogens is 1. The summed E-state index contributed by atoms with van der Waals surface area (Å²) in [5.41, 5.74) is 1.29. The Morgan fingerprint density at radius 3 is 2.32 bits per heavy atom. The molecular weight excluding hydrogens is 288 g/mol. The minimum absolute atomic E-state index is 0.884. The van der Waals surface area contributed by atoms with Gasteiger partial charge >= 0.3 is 11.9 Å². The van der Waals surface area contributed by atoms with Gasteiger partial charge in [0.2, 0.25) is 0 Å². The lowest BCUT2D eigenvalue weighted by Gasteiger charge is -2.34. The van der Waals surface area contributed by atoms with Gasteiger partial charge in [0.1, 0.15) is 5.82 Å². The summed E-state index contributed by atoms with van der Waals surface area (Å²) in [6, 6.07) is 4.16. The third kappa shape index (κ3) is 5.66. The minimum atomic E-state index is -1.82. The largest absolute Gasteiger partial charge is 0.473 e. The second-order valence-electron chi connectivity index (χ2n) is 4.92. The van der Waals surface area contributed by atoms with Gasteiger partial charge in [0.25, 0.3) is 0 Å². The molecule has 1 saturated heterocycles. The topological polar surface area (TPSA) is 106 Å². The molecule has 1 aromatic heterocycles. The molecule has 8 nitrogen and oxygen atoms in total. The monoisotopic (exact) mass is 310 g/mol. The highest BCUT2D eigenvalue weighted by Gasteiger charge is 2.17. The normalized spacial score (nSPS) is 14.9. The van der Waals surface area contributed by atoms with Gasteiger partial charge in [0.15, 0.2) is 0 Å². The van der Waals surface area contributed by atoms with Crippen molar-refractivity contribution in [3.8, 4) is 0 Å². The molecule has 0 spiro atoms. The van der Waals surface area contributed by atoms with E-state index in [1.807, 2.05) is 19.3 Å². The number of anilines is 1. The van der Waals surface area contributed by atoms with Crippen molar-refractivity contribution in [2.45, 2.75) is 6.54 Å². The van der Waals surface area contributed by atoms with E-state index in [0.717, 1.165) is 38.5 Å². The predicted molar refractivity (Wildman–Crippen MR) is 82.0 cm³/mol. The summed E-state index contributed by atoms with van der Waals surface area (Å²) in [6.45, 7) is 5.27. The lowest BCUT2D eigenvalue weighted by atomic mass is 10.2. The van der Waals surface area contributed by atoms with Crippen molar-refractivity contribution in [1.82, 2.24) is 15.2 Å². The second kappa shape index (κ2) is 8.96. The van der Waals surface area contributed by atoms with E-state index in [-0.39, 0.29) is 0 Å². The smallest absolute Gasteiger partial charge is 0.414 e. The van der Waals surface area contributed by atoms with Crippen LogP contribution in [0.25, 0.3) is 0 Å². The van der Waals surface area contributed by atoms with Crippen LogP contribution in [0.2, 0.25) is 0 Å². The Bertz CT molecular complexity index is 489. The third-order valence-corrected chi connectivity index (χ3v) is 3.22. The van der Waals surface area contributed by atoms with E-state index < -0.39 is 11.9 Å². The molecule has 0 atom stereocenters. The van der Waals surface area contributed by atoms with Crippen LogP contribution >= 0.6 is 0 Å². The number of piperazine rings is 1. The first-order chi connectivity index (χ1) is 10.5. The number of likely N-dealkylation sites (N-methyl/N-ethyl adjacent to an activating group) is 1. The van der Waals surface area contributed by atoms with Crippen LogP contribution < -0.4 is 10.2 Å². The summed E-state index contributed by atoms with van der Waals surface area (Å²) in [4.78, 5) is 27.5. The molecule has 0 aromatic carbocycles. The van der Waals surface area contributed by atoms with Crippen molar-refractivity contribution in [2.75, 3.05) is 45.2 Å². The van der Waals surface area contributed by atoms with Crippen LogP contribution in [0.15, 0.2) is 18.3 Å². The third-order valence-electron chi connectivity index (χ3n) is 3.22. The molecule has 0 unspecified atom stereocenters. The first kappa shape index (κ1) is 17.9. The number of rotatable bonds is 3. The Kier molecular flexibility index (Phi) is 7.27. The number of aliphatic carboxylic acids is 2. The van der Waals surface area contributed by atoms with Crippen LogP contribution in [0, 0.1) is 0 Å². The van der Waals surface area contributed by atoms with Crippen molar-refractivity contribution in [2.24, 2.45) is 0 Å². The molecule has 0 amide bonds. The van der Waals surface area contributed by atoms with Crippen molar-refractivity contribution in [1.29, 1.82) is 0 Å². The van der Waals surface area contributed by atoms with E-state index >= 15 is 0 Å². The average Bonchev–Trinajstić information content (AvgIpc) is 2.50. The van der Waals surface area contributed by atoms with Gasteiger partial charge in [-0.2, -0.15) is 0 Å². The summed E-state index contributed by atoms with van der Waals surface area (Å²) in [7, 11) is 4.14. The number of carboxylic acid groups (broad SMARTS) is 2. The van der Waals surface area contributed by atoms with Crippen LogP contribution in [-0.4, -0.2) is 72.3 Å². The van der Waals surface area contributed by atoms with Gasteiger partial charge in [-0.1, -0.05) is 6.07 Å². The number of hydrogen-bond acceptors (Lipinski definition) is 6. The first-order valence-corrected chi connectivity index (χ1v) is 6.94. The lowest BCUT2D eigenvalue weighted by Crippen LogP contribution is -2.45. The maximum absolute atomic E-state index is 9.10. The molecule has 1 aliphatic rings. The maximum atomic E-state index is 9.10. The number of nitrogens with one attached hydrogen (secondary N) is 1. The number of hydrogen-bond donors (Lipinski definition) is 3. The first-order valence-electron chi connectivity index (χ1n) is 6.94.